The van der Waals surface area contributed by atoms with Gasteiger partial charge in [0.25, 0.3) is 11.5 Å². The first-order valence-electron chi connectivity index (χ1n) is 8.12. The molecular formula is C16H19N5O3S. The second-order valence-corrected chi connectivity index (χ2v) is 6.88. The Morgan fingerprint density at radius 3 is 2.92 bits per heavy atom. The minimum atomic E-state index is -0.497. The van der Waals surface area contributed by atoms with Crippen LogP contribution in [-0.4, -0.2) is 51.3 Å². The molecule has 0 aromatic carbocycles. The Kier molecular flexibility index (Phi) is 5.22. The molecule has 0 bridgehead atoms. The minimum absolute atomic E-state index is 0.0343. The molecule has 0 spiro atoms. The first kappa shape index (κ1) is 17.3. The summed E-state index contributed by atoms with van der Waals surface area (Å²) in [6.45, 7) is 3.67. The van der Waals surface area contributed by atoms with Crippen LogP contribution in [0.5, 0.6) is 0 Å². The van der Waals surface area contributed by atoms with E-state index >= 15 is 0 Å². The second-order valence-electron chi connectivity index (χ2n) is 5.82. The van der Waals surface area contributed by atoms with Crippen molar-refractivity contribution in [3.8, 4) is 11.5 Å². The number of aromatic nitrogens is 3. The van der Waals surface area contributed by atoms with E-state index in [2.05, 4.69) is 20.3 Å². The summed E-state index contributed by atoms with van der Waals surface area (Å²) in [5.74, 6) is 0.0424. The van der Waals surface area contributed by atoms with Gasteiger partial charge in [-0.05, 0) is 19.8 Å². The van der Waals surface area contributed by atoms with Crippen molar-refractivity contribution in [3.05, 3.63) is 32.5 Å². The van der Waals surface area contributed by atoms with E-state index in [1.807, 2.05) is 6.92 Å². The molecule has 2 aromatic rings. The Morgan fingerprint density at radius 1 is 1.44 bits per heavy atom. The van der Waals surface area contributed by atoms with Crippen LogP contribution in [0.4, 0.5) is 0 Å². The number of amides is 2. The molecule has 2 N–H and O–H groups in total. The lowest BCUT2D eigenvalue weighted by Crippen LogP contribution is -2.33. The lowest BCUT2D eigenvalue weighted by atomic mass is 10.3. The summed E-state index contributed by atoms with van der Waals surface area (Å²) in [6, 6.07) is 0. The van der Waals surface area contributed by atoms with E-state index < -0.39 is 11.5 Å². The highest BCUT2D eigenvalue weighted by Crippen LogP contribution is 2.16. The second kappa shape index (κ2) is 7.56. The molecule has 2 amide bonds. The molecule has 0 atom stereocenters. The molecule has 0 aliphatic carbocycles. The summed E-state index contributed by atoms with van der Waals surface area (Å²) < 4.78 is 0. The van der Waals surface area contributed by atoms with E-state index in [0.717, 1.165) is 18.0 Å². The fourth-order valence-corrected chi connectivity index (χ4v) is 3.26. The fraction of sp³-hybridized carbons (Fsp3) is 0.438. The van der Waals surface area contributed by atoms with E-state index in [-0.39, 0.29) is 11.5 Å². The molecule has 1 aliphatic heterocycles. The number of H-pyrrole nitrogens is 1. The molecule has 1 saturated heterocycles. The van der Waals surface area contributed by atoms with Crippen molar-refractivity contribution in [3.63, 3.8) is 0 Å². The molecule has 132 valence electrons. The lowest BCUT2D eigenvalue weighted by molar-refractivity contribution is -0.127. The monoisotopic (exact) mass is 361 g/mol. The average Bonchev–Trinajstić information content (AvgIpc) is 3.20. The molecule has 2 aromatic heterocycles. The zero-order valence-corrected chi connectivity index (χ0v) is 14.7. The summed E-state index contributed by atoms with van der Waals surface area (Å²) in [4.78, 5) is 48.5. The number of hydrogen-bond donors (Lipinski definition) is 2. The van der Waals surface area contributed by atoms with Crippen molar-refractivity contribution < 1.29 is 9.59 Å². The van der Waals surface area contributed by atoms with E-state index in [1.54, 1.807) is 10.3 Å². The topological polar surface area (TPSA) is 108 Å². The number of thiazole rings is 1. The van der Waals surface area contributed by atoms with Gasteiger partial charge >= 0.3 is 0 Å². The van der Waals surface area contributed by atoms with Crippen LogP contribution in [0.15, 0.2) is 16.4 Å². The normalized spacial score (nSPS) is 14.1. The van der Waals surface area contributed by atoms with Gasteiger partial charge in [-0.3, -0.25) is 14.4 Å². The maximum atomic E-state index is 12.1. The highest BCUT2D eigenvalue weighted by Gasteiger charge is 2.19. The molecule has 1 fully saturated rings. The largest absolute Gasteiger partial charge is 0.352 e. The highest BCUT2D eigenvalue weighted by atomic mass is 32.1. The van der Waals surface area contributed by atoms with Crippen molar-refractivity contribution in [1.82, 2.24) is 25.2 Å². The Balaban J connectivity index is 1.55. The molecule has 1 aliphatic rings. The van der Waals surface area contributed by atoms with Crippen LogP contribution in [0.1, 0.15) is 34.6 Å². The number of nitrogens with one attached hydrogen (secondary N) is 2. The van der Waals surface area contributed by atoms with Crippen molar-refractivity contribution in [2.24, 2.45) is 0 Å². The number of rotatable bonds is 6. The summed E-state index contributed by atoms with van der Waals surface area (Å²) >= 11 is 1.46. The SMILES string of the molecule is Cc1nc(-c2ncc(C(=O)NCCCN3CCCC3=O)c(=O)[nH]2)cs1. The van der Waals surface area contributed by atoms with Crippen LogP contribution in [0.25, 0.3) is 11.5 Å². The number of nitrogens with zero attached hydrogens (tertiary/aromatic N) is 3. The maximum absolute atomic E-state index is 12.1. The molecule has 0 saturated carbocycles. The first-order valence-corrected chi connectivity index (χ1v) is 9.00. The predicted octanol–water partition coefficient (Wildman–Crippen LogP) is 0.944. The van der Waals surface area contributed by atoms with Crippen LogP contribution >= 0.6 is 11.3 Å². The third-order valence-corrected chi connectivity index (χ3v) is 4.74. The lowest BCUT2D eigenvalue weighted by Gasteiger charge is -2.15. The average molecular weight is 361 g/mol. The number of hydrogen-bond acceptors (Lipinski definition) is 6. The van der Waals surface area contributed by atoms with E-state index in [1.165, 1.54) is 17.5 Å². The van der Waals surface area contributed by atoms with E-state index in [4.69, 9.17) is 0 Å². The van der Waals surface area contributed by atoms with Crippen LogP contribution in [-0.2, 0) is 4.79 Å². The van der Waals surface area contributed by atoms with Crippen molar-refractivity contribution in [2.45, 2.75) is 26.2 Å². The van der Waals surface area contributed by atoms with Crippen molar-refractivity contribution in [1.29, 1.82) is 0 Å². The zero-order chi connectivity index (χ0) is 17.8. The first-order chi connectivity index (χ1) is 12.0. The molecule has 3 rings (SSSR count). The summed E-state index contributed by atoms with van der Waals surface area (Å²) in [5, 5.41) is 5.36. The Morgan fingerprint density at radius 2 is 2.28 bits per heavy atom. The fourth-order valence-electron chi connectivity index (χ4n) is 2.67. The van der Waals surface area contributed by atoms with Gasteiger partial charge in [-0.1, -0.05) is 0 Å². The summed E-state index contributed by atoms with van der Waals surface area (Å²) in [7, 11) is 0. The summed E-state index contributed by atoms with van der Waals surface area (Å²) in [5.41, 5.74) is 0.0534. The Bertz CT molecular complexity index is 844. The van der Waals surface area contributed by atoms with Gasteiger partial charge in [0.2, 0.25) is 5.91 Å². The molecule has 9 heteroatoms. The van der Waals surface area contributed by atoms with Gasteiger partial charge in [-0.2, -0.15) is 0 Å². The molecular weight excluding hydrogens is 342 g/mol. The standard InChI is InChI=1S/C16H19N5O3S/c1-10-19-12(9-25-10)14-18-8-11(16(24)20-14)15(23)17-5-3-7-21-6-2-4-13(21)22/h8-9H,2-7H2,1H3,(H,17,23)(H,18,20,24). The maximum Gasteiger partial charge on any atom is 0.264 e. The van der Waals surface area contributed by atoms with Gasteiger partial charge in [0.05, 0.1) is 5.01 Å². The number of carbonyl (C=O) groups excluding carboxylic acids is 2. The number of carbonyl (C=O) groups is 2. The zero-order valence-electron chi connectivity index (χ0n) is 13.9. The molecule has 25 heavy (non-hydrogen) atoms. The van der Waals surface area contributed by atoms with Crippen LogP contribution < -0.4 is 10.9 Å². The van der Waals surface area contributed by atoms with Crippen LogP contribution in [0.3, 0.4) is 0 Å². The number of aryl methyl sites for hydroxylation is 1. The van der Waals surface area contributed by atoms with Crippen molar-refractivity contribution in [2.75, 3.05) is 19.6 Å². The van der Waals surface area contributed by atoms with Gasteiger partial charge in [-0.25, -0.2) is 9.97 Å². The molecule has 0 radical (unpaired) electrons. The van der Waals surface area contributed by atoms with Crippen molar-refractivity contribution >= 4 is 23.2 Å². The van der Waals surface area contributed by atoms with Gasteiger partial charge in [0, 0.05) is 37.6 Å². The van der Waals surface area contributed by atoms with Gasteiger partial charge < -0.3 is 15.2 Å². The van der Waals surface area contributed by atoms with Gasteiger partial charge in [0.1, 0.15) is 11.3 Å². The highest BCUT2D eigenvalue weighted by molar-refractivity contribution is 7.09. The quantitative estimate of drug-likeness (QED) is 0.745. The van der Waals surface area contributed by atoms with Gasteiger partial charge in [0.15, 0.2) is 5.82 Å². The van der Waals surface area contributed by atoms with Crippen LogP contribution in [0.2, 0.25) is 0 Å². The van der Waals surface area contributed by atoms with Gasteiger partial charge in [-0.15, -0.1) is 11.3 Å². The number of likely N-dealkylation sites (tertiary alicyclic amines) is 1. The molecule has 3 heterocycles. The number of aromatic amines is 1. The molecule has 8 nitrogen and oxygen atoms in total. The summed E-state index contributed by atoms with van der Waals surface area (Å²) in [6.07, 6.45) is 3.43. The third-order valence-electron chi connectivity index (χ3n) is 3.97. The minimum Gasteiger partial charge on any atom is -0.352 e. The smallest absolute Gasteiger partial charge is 0.264 e. The Labute approximate surface area is 148 Å². The van der Waals surface area contributed by atoms with E-state index in [0.29, 0.717) is 37.4 Å². The Hall–Kier alpha value is -2.55. The predicted molar refractivity (Wildman–Crippen MR) is 93.5 cm³/mol. The molecule has 0 unspecified atom stereocenters. The van der Waals surface area contributed by atoms with Crippen LogP contribution in [0, 0.1) is 6.92 Å². The third kappa shape index (κ3) is 4.11. The van der Waals surface area contributed by atoms with E-state index in [9.17, 15) is 14.4 Å².